The Hall–Kier alpha value is -3.74. The number of anilines is 2. The second kappa shape index (κ2) is 8.30. The molecule has 2 aromatic carbocycles. The topological polar surface area (TPSA) is 88.4 Å². The van der Waals surface area contributed by atoms with Crippen LogP contribution in [0, 0.1) is 10.1 Å². The molecule has 1 N–H and O–H groups in total. The minimum absolute atomic E-state index is 0.0459. The van der Waals surface area contributed by atoms with Gasteiger partial charge in [0, 0.05) is 24.4 Å². The predicted octanol–water partition coefficient (Wildman–Crippen LogP) is 4.44. The fourth-order valence-electron chi connectivity index (χ4n) is 2.79. The average Bonchev–Trinajstić information content (AvgIpc) is 2.73. The van der Waals surface area contributed by atoms with E-state index in [1.165, 1.54) is 12.3 Å². The molecule has 3 aromatic rings. The quantitative estimate of drug-likeness (QED) is 0.507. The Kier molecular flexibility index (Phi) is 5.64. The van der Waals surface area contributed by atoms with Gasteiger partial charge < -0.3 is 10.2 Å². The number of benzene rings is 2. The fourth-order valence-corrected chi connectivity index (χ4v) is 2.79. The number of nitrogens with zero attached hydrogens (tertiary/aromatic N) is 3. The first-order valence-corrected chi connectivity index (χ1v) is 8.75. The molecule has 0 aliphatic carbocycles. The molecule has 7 nitrogen and oxygen atoms in total. The number of carbonyl (C=O) groups is 1. The number of hydrogen-bond acceptors (Lipinski definition) is 5. The van der Waals surface area contributed by atoms with Crippen LogP contribution in [0.1, 0.15) is 28.9 Å². The van der Waals surface area contributed by atoms with Crippen LogP contribution in [0.4, 0.5) is 17.2 Å². The van der Waals surface area contributed by atoms with Crippen molar-refractivity contribution < 1.29 is 9.72 Å². The summed E-state index contributed by atoms with van der Waals surface area (Å²) in [6.45, 7) is 2.00. The Balaban J connectivity index is 1.75. The summed E-state index contributed by atoms with van der Waals surface area (Å²) in [6, 6.07) is 19.6. The van der Waals surface area contributed by atoms with Gasteiger partial charge in [-0.1, -0.05) is 30.3 Å². The Morgan fingerprint density at radius 1 is 1.11 bits per heavy atom. The van der Waals surface area contributed by atoms with Crippen molar-refractivity contribution >= 4 is 23.1 Å². The Morgan fingerprint density at radius 3 is 2.50 bits per heavy atom. The van der Waals surface area contributed by atoms with Crippen LogP contribution in [-0.4, -0.2) is 22.9 Å². The molecule has 0 saturated heterocycles. The van der Waals surface area contributed by atoms with E-state index in [0.29, 0.717) is 17.1 Å². The van der Waals surface area contributed by atoms with E-state index in [-0.39, 0.29) is 17.6 Å². The summed E-state index contributed by atoms with van der Waals surface area (Å²) in [4.78, 5) is 28.8. The van der Waals surface area contributed by atoms with E-state index in [1.54, 1.807) is 18.2 Å². The summed E-state index contributed by atoms with van der Waals surface area (Å²) in [7, 11) is 1.87. The van der Waals surface area contributed by atoms with Crippen molar-refractivity contribution in [3.63, 3.8) is 0 Å². The number of nitro groups is 1. The highest BCUT2D eigenvalue weighted by atomic mass is 16.6. The van der Waals surface area contributed by atoms with Gasteiger partial charge in [0.05, 0.1) is 11.0 Å². The van der Waals surface area contributed by atoms with E-state index in [1.807, 2.05) is 61.3 Å². The predicted molar refractivity (Wildman–Crippen MR) is 109 cm³/mol. The molecule has 142 valence electrons. The second-order valence-corrected chi connectivity index (χ2v) is 6.36. The van der Waals surface area contributed by atoms with Crippen LogP contribution in [0.25, 0.3) is 0 Å². The van der Waals surface area contributed by atoms with E-state index < -0.39 is 4.92 Å². The zero-order valence-electron chi connectivity index (χ0n) is 15.6. The maximum Gasteiger partial charge on any atom is 0.287 e. The molecule has 0 spiro atoms. The average molecular weight is 376 g/mol. The van der Waals surface area contributed by atoms with Crippen molar-refractivity contribution in [2.45, 2.75) is 13.0 Å². The van der Waals surface area contributed by atoms with Crippen molar-refractivity contribution in [2.75, 3.05) is 17.3 Å². The number of carbonyl (C=O) groups excluding carboxylic acids is 1. The van der Waals surface area contributed by atoms with Crippen molar-refractivity contribution in [2.24, 2.45) is 0 Å². The molecule has 1 amide bonds. The first-order valence-electron chi connectivity index (χ1n) is 8.75. The van der Waals surface area contributed by atoms with Gasteiger partial charge >= 0.3 is 0 Å². The maximum absolute atomic E-state index is 12.4. The zero-order valence-corrected chi connectivity index (χ0v) is 15.6. The lowest BCUT2D eigenvalue weighted by Crippen LogP contribution is -2.22. The van der Waals surface area contributed by atoms with Crippen LogP contribution >= 0.6 is 0 Å². The summed E-state index contributed by atoms with van der Waals surface area (Å²) < 4.78 is 0. The highest BCUT2D eigenvalue weighted by Crippen LogP contribution is 2.26. The highest BCUT2D eigenvalue weighted by Gasteiger charge is 2.16. The second-order valence-electron chi connectivity index (χ2n) is 6.36. The zero-order chi connectivity index (χ0) is 20.1. The first-order chi connectivity index (χ1) is 13.5. The van der Waals surface area contributed by atoms with Gasteiger partial charge in [0.15, 0.2) is 0 Å². The minimum atomic E-state index is -0.473. The number of aromatic nitrogens is 1. The standard InChI is InChI=1S/C21H20N4O3/c1-15(24(2)20-12-11-19(14-22-20)25(27)28)17-9-6-10-18(13-17)23-21(26)16-7-4-3-5-8-16/h3-15H,1-2H3,(H,23,26)/t15-/m1/s1. The normalized spacial score (nSPS) is 11.5. The molecule has 3 rings (SSSR count). The lowest BCUT2D eigenvalue weighted by atomic mass is 10.1. The van der Waals surface area contributed by atoms with E-state index in [0.717, 1.165) is 5.56 Å². The number of hydrogen-bond donors (Lipinski definition) is 1. The Morgan fingerprint density at radius 2 is 1.86 bits per heavy atom. The molecule has 0 radical (unpaired) electrons. The van der Waals surface area contributed by atoms with E-state index in [4.69, 9.17) is 0 Å². The number of nitrogens with one attached hydrogen (secondary N) is 1. The van der Waals surface area contributed by atoms with Gasteiger partial charge in [0.1, 0.15) is 12.0 Å². The van der Waals surface area contributed by atoms with E-state index in [2.05, 4.69) is 10.3 Å². The van der Waals surface area contributed by atoms with Crippen molar-refractivity contribution in [3.05, 3.63) is 94.2 Å². The highest BCUT2D eigenvalue weighted by molar-refractivity contribution is 6.04. The Bertz CT molecular complexity index is 974. The SMILES string of the molecule is C[C@H](c1cccc(NC(=O)c2ccccc2)c1)N(C)c1ccc([N+](=O)[O-])cn1. The van der Waals surface area contributed by atoms with E-state index >= 15 is 0 Å². The third-order valence-corrected chi connectivity index (χ3v) is 4.55. The molecule has 0 bridgehead atoms. The molecular formula is C21H20N4O3. The van der Waals surface area contributed by atoms with Crippen molar-refractivity contribution in [1.82, 2.24) is 4.98 Å². The van der Waals surface area contributed by atoms with Gasteiger partial charge in [-0.15, -0.1) is 0 Å². The summed E-state index contributed by atoms with van der Waals surface area (Å²) in [5, 5.41) is 13.7. The lowest BCUT2D eigenvalue weighted by molar-refractivity contribution is -0.385. The summed E-state index contributed by atoms with van der Waals surface area (Å²) >= 11 is 0. The summed E-state index contributed by atoms with van der Waals surface area (Å²) in [5.41, 5.74) is 2.22. The smallest absolute Gasteiger partial charge is 0.287 e. The third kappa shape index (κ3) is 4.32. The monoisotopic (exact) mass is 376 g/mol. The van der Waals surface area contributed by atoms with Crippen LogP contribution in [0.5, 0.6) is 0 Å². The lowest BCUT2D eigenvalue weighted by Gasteiger charge is -2.26. The van der Waals surface area contributed by atoms with Gasteiger partial charge in [-0.3, -0.25) is 14.9 Å². The van der Waals surface area contributed by atoms with Gasteiger partial charge in [-0.25, -0.2) is 4.98 Å². The van der Waals surface area contributed by atoms with Gasteiger partial charge in [-0.05, 0) is 42.8 Å². The van der Waals surface area contributed by atoms with Crippen molar-refractivity contribution in [1.29, 1.82) is 0 Å². The van der Waals surface area contributed by atoms with Crippen molar-refractivity contribution in [3.8, 4) is 0 Å². The van der Waals surface area contributed by atoms with Crippen LogP contribution < -0.4 is 10.2 Å². The van der Waals surface area contributed by atoms with Gasteiger partial charge in [0.2, 0.25) is 0 Å². The summed E-state index contributed by atoms with van der Waals surface area (Å²) in [5.74, 6) is 0.451. The molecular weight excluding hydrogens is 356 g/mol. The molecule has 28 heavy (non-hydrogen) atoms. The van der Waals surface area contributed by atoms with Gasteiger partial charge in [0.25, 0.3) is 11.6 Å². The maximum atomic E-state index is 12.4. The van der Waals surface area contributed by atoms with Crippen LogP contribution in [0.2, 0.25) is 0 Å². The third-order valence-electron chi connectivity index (χ3n) is 4.55. The largest absolute Gasteiger partial charge is 0.353 e. The molecule has 1 heterocycles. The molecule has 1 aromatic heterocycles. The Labute approximate surface area is 162 Å². The molecule has 0 aliphatic heterocycles. The summed E-state index contributed by atoms with van der Waals surface area (Å²) in [6.07, 6.45) is 1.25. The molecule has 0 aliphatic rings. The van der Waals surface area contributed by atoms with Crippen LogP contribution in [0.3, 0.4) is 0 Å². The molecule has 0 fully saturated rings. The van der Waals surface area contributed by atoms with Gasteiger partial charge in [-0.2, -0.15) is 0 Å². The first kappa shape index (κ1) is 19.0. The number of amides is 1. The molecule has 1 atom stereocenters. The fraction of sp³-hybridized carbons (Fsp3) is 0.143. The molecule has 0 saturated carbocycles. The minimum Gasteiger partial charge on any atom is -0.353 e. The number of rotatable bonds is 6. The van der Waals surface area contributed by atoms with E-state index in [9.17, 15) is 14.9 Å². The van der Waals surface area contributed by atoms with Crippen LogP contribution in [0.15, 0.2) is 72.9 Å². The van der Waals surface area contributed by atoms with Crippen LogP contribution in [-0.2, 0) is 0 Å². The molecule has 7 heteroatoms. The number of pyridine rings is 1. The molecule has 0 unspecified atom stereocenters.